The Kier molecular flexibility index (Phi) is 6.08. The van der Waals surface area contributed by atoms with Gasteiger partial charge in [0, 0.05) is 0 Å². The lowest BCUT2D eigenvalue weighted by atomic mass is 9.68. The SMILES string of the molecule is C=C/C=C/C1CCC(C2CCC(c3ccc(C#N)c(F)c3)CC2)CC1. The Bertz CT molecular complexity index is 653. The summed E-state index contributed by atoms with van der Waals surface area (Å²) in [6, 6.07) is 7.07. The first-order valence-corrected chi connectivity index (χ1v) is 9.70. The van der Waals surface area contributed by atoms with Crippen LogP contribution in [0.3, 0.4) is 0 Å². The van der Waals surface area contributed by atoms with Gasteiger partial charge in [0.1, 0.15) is 11.9 Å². The van der Waals surface area contributed by atoms with Gasteiger partial charge >= 0.3 is 0 Å². The van der Waals surface area contributed by atoms with Gasteiger partial charge in [-0.15, -0.1) is 0 Å². The van der Waals surface area contributed by atoms with Gasteiger partial charge in [0.2, 0.25) is 0 Å². The third kappa shape index (κ3) is 4.40. The molecule has 2 heteroatoms. The monoisotopic (exact) mass is 337 g/mol. The van der Waals surface area contributed by atoms with Crippen LogP contribution in [-0.4, -0.2) is 0 Å². The summed E-state index contributed by atoms with van der Waals surface area (Å²) in [4.78, 5) is 0. The van der Waals surface area contributed by atoms with Gasteiger partial charge in [0.15, 0.2) is 0 Å². The number of nitrogens with zero attached hydrogens (tertiary/aromatic N) is 1. The molecule has 0 heterocycles. The Morgan fingerprint density at radius 1 is 1.00 bits per heavy atom. The van der Waals surface area contributed by atoms with Crippen molar-refractivity contribution >= 4 is 0 Å². The van der Waals surface area contributed by atoms with Gasteiger partial charge in [-0.3, -0.25) is 0 Å². The van der Waals surface area contributed by atoms with Gasteiger partial charge in [-0.2, -0.15) is 5.26 Å². The van der Waals surface area contributed by atoms with Crippen molar-refractivity contribution in [1.82, 2.24) is 0 Å². The van der Waals surface area contributed by atoms with Crippen LogP contribution >= 0.6 is 0 Å². The maximum absolute atomic E-state index is 13.9. The molecule has 2 aliphatic rings. The predicted octanol–water partition coefficient (Wildman–Crippen LogP) is 6.52. The molecule has 0 amide bonds. The molecule has 2 saturated carbocycles. The minimum Gasteiger partial charge on any atom is -0.206 e. The summed E-state index contributed by atoms with van der Waals surface area (Å²) in [5.41, 5.74) is 1.23. The van der Waals surface area contributed by atoms with Crippen molar-refractivity contribution in [3.63, 3.8) is 0 Å². The van der Waals surface area contributed by atoms with Gasteiger partial charge in [-0.1, -0.05) is 30.9 Å². The second kappa shape index (κ2) is 8.48. The minimum atomic E-state index is -0.368. The number of nitriles is 1. The molecular formula is C23H28FN. The van der Waals surface area contributed by atoms with Crippen LogP contribution < -0.4 is 0 Å². The van der Waals surface area contributed by atoms with Gasteiger partial charge in [0.25, 0.3) is 0 Å². The standard InChI is InChI=1S/C23H28FN/c1-2-3-4-17-5-7-18(8-6-17)19-9-11-20(12-10-19)21-13-14-22(16-25)23(24)15-21/h2-4,13-15,17-20H,1,5-12H2/b4-3+. The molecule has 132 valence electrons. The molecule has 0 saturated heterocycles. The van der Waals surface area contributed by atoms with E-state index < -0.39 is 0 Å². The van der Waals surface area contributed by atoms with Crippen LogP contribution in [0, 0.1) is 34.9 Å². The van der Waals surface area contributed by atoms with E-state index in [1.54, 1.807) is 12.1 Å². The Hall–Kier alpha value is -1.88. The number of benzene rings is 1. The van der Waals surface area contributed by atoms with Crippen molar-refractivity contribution in [3.8, 4) is 6.07 Å². The van der Waals surface area contributed by atoms with E-state index in [1.807, 2.05) is 18.2 Å². The number of hydrogen-bond acceptors (Lipinski definition) is 1. The molecule has 0 bridgehead atoms. The minimum absolute atomic E-state index is 0.152. The predicted molar refractivity (Wildman–Crippen MR) is 101 cm³/mol. The lowest BCUT2D eigenvalue weighted by Gasteiger charge is -2.37. The molecule has 0 atom stereocenters. The molecular weight excluding hydrogens is 309 g/mol. The van der Waals surface area contributed by atoms with Crippen molar-refractivity contribution in [3.05, 3.63) is 60.0 Å². The zero-order valence-electron chi connectivity index (χ0n) is 15.0. The number of rotatable bonds is 4. The molecule has 1 aromatic carbocycles. The van der Waals surface area contributed by atoms with E-state index >= 15 is 0 Å². The quantitative estimate of drug-likeness (QED) is 0.574. The van der Waals surface area contributed by atoms with Crippen LogP contribution in [0.2, 0.25) is 0 Å². The highest BCUT2D eigenvalue weighted by Gasteiger charge is 2.30. The van der Waals surface area contributed by atoms with Crippen molar-refractivity contribution in [2.45, 2.75) is 57.3 Å². The first-order valence-electron chi connectivity index (χ1n) is 9.70. The fraction of sp³-hybridized carbons (Fsp3) is 0.522. The lowest BCUT2D eigenvalue weighted by Crippen LogP contribution is -2.25. The van der Waals surface area contributed by atoms with Crippen molar-refractivity contribution in [2.75, 3.05) is 0 Å². The van der Waals surface area contributed by atoms with Crippen LogP contribution in [-0.2, 0) is 0 Å². The Balaban J connectivity index is 1.51. The number of hydrogen-bond donors (Lipinski definition) is 0. The zero-order valence-corrected chi connectivity index (χ0v) is 15.0. The summed E-state index contributed by atoms with van der Waals surface area (Å²) in [5, 5.41) is 8.87. The molecule has 0 unspecified atom stereocenters. The molecule has 1 nitrogen and oxygen atoms in total. The summed E-state index contributed by atoms with van der Waals surface area (Å²) < 4.78 is 13.9. The van der Waals surface area contributed by atoms with E-state index in [9.17, 15) is 4.39 Å². The topological polar surface area (TPSA) is 23.8 Å². The summed E-state index contributed by atoms with van der Waals surface area (Å²) in [7, 11) is 0. The van der Waals surface area contributed by atoms with E-state index in [0.717, 1.165) is 36.2 Å². The van der Waals surface area contributed by atoms with Crippen molar-refractivity contribution in [2.24, 2.45) is 17.8 Å². The van der Waals surface area contributed by atoms with Gasteiger partial charge < -0.3 is 0 Å². The third-order valence-corrected chi connectivity index (χ3v) is 6.36. The van der Waals surface area contributed by atoms with Crippen LogP contribution in [0.15, 0.2) is 43.0 Å². The van der Waals surface area contributed by atoms with Crippen LogP contribution in [0.5, 0.6) is 0 Å². The van der Waals surface area contributed by atoms with Gasteiger partial charge in [-0.05, 0) is 92.7 Å². The van der Waals surface area contributed by atoms with E-state index in [0.29, 0.717) is 5.92 Å². The van der Waals surface area contributed by atoms with Gasteiger partial charge in [-0.25, -0.2) is 4.39 Å². The Morgan fingerprint density at radius 3 is 2.20 bits per heavy atom. The summed E-state index contributed by atoms with van der Waals surface area (Å²) in [6.07, 6.45) is 16.5. The van der Waals surface area contributed by atoms with Crippen LogP contribution in [0.1, 0.15) is 68.4 Å². The van der Waals surface area contributed by atoms with E-state index in [4.69, 9.17) is 5.26 Å². The smallest absolute Gasteiger partial charge is 0.141 e. The maximum atomic E-state index is 13.9. The molecule has 0 aliphatic heterocycles. The van der Waals surface area contributed by atoms with Crippen LogP contribution in [0.25, 0.3) is 0 Å². The largest absolute Gasteiger partial charge is 0.206 e. The maximum Gasteiger partial charge on any atom is 0.141 e. The lowest BCUT2D eigenvalue weighted by molar-refractivity contribution is 0.171. The normalized spacial score (nSPS) is 30.1. The molecule has 0 N–H and O–H groups in total. The first-order chi connectivity index (χ1) is 12.2. The molecule has 2 fully saturated rings. The molecule has 2 aliphatic carbocycles. The summed E-state index contributed by atoms with van der Waals surface area (Å²) in [6.45, 7) is 3.75. The second-order valence-corrected chi connectivity index (χ2v) is 7.76. The van der Waals surface area contributed by atoms with Crippen LogP contribution in [0.4, 0.5) is 4.39 Å². The molecule has 3 rings (SSSR count). The Labute approximate surface area is 151 Å². The van der Waals surface area contributed by atoms with Crippen molar-refractivity contribution < 1.29 is 4.39 Å². The number of allylic oxidation sites excluding steroid dienone is 3. The highest BCUT2D eigenvalue weighted by atomic mass is 19.1. The van der Waals surface area contributed by atoms with E-state index in [2.05, 4.69) is 18.7 Å². The van der Waals surface area contributed by atoms with Crippen molar-refractivity contribution in [1.29, 1.82) is 5.26 Å². The molecule has 0 spiro atoms. The third-order valence-electron chi connectivity index (χ3n) is 6.36. The summed E-state index contributed by atoms with van der Waals surface area (Å²) >= 11 is 0. The molecule has 0 radical (unpaired) electrons. The summed E-state index contributed by atoms with van der Waals surface area (Å²) in [5.74, 6) is 2.57. The fourth-order valence-electron chi connectivity index (χ4n) is 4.84. The molecule has 25 heavy (non-hydrogen) atoms. The average Bonchev–Trinajstić information content (AvgIpc) is 2.67. The van der Waals surface area contributed by atoms with E-state index in [-0.39, 0.29) is 11.4 Å². The fourth-order valence-corrected chi connectivity index (χ4v) is 4.84. The average molecular weight is 337 g/mol. The second-order valence-electron chi connectivity index (χ2n) is 7.76. The molecule has 0 aromatic heterocycles. The Morgan fingerprint density at radius 2 is 1.64 bits per heavy atom. The highest BCUT2D eigenvalue weighted by Crippen LogP contribution is 2.44. The first kappa shape index (κ1) is 17.9. The zero-order chi connectivity index (χ0) is 17.6. The number of halogens is 1. The van der Waals surface area contributed by atoms with Gasteiger partial charge in [0.05, 0.1) is 5.56 Å². The highest BCUT2D eigenvalue weighted by molar-refractivity contribution is 5.34. The molecule has 1 aromatic rings. The van der Waals surface area contributed by atoms with E-state index in [1.165, 1.54) is 38.5 Å².